The topological polar surface area (TPSA) is 33.2 Å². The van der Waals surface area contributed by atoms with Crippen LogP contribution in [0.1, 0.15) is 62.2 Å². The predicted molar refractivity (Wildman–Crippen MR) is 81.5 cm³/mol. The highest BCUT2D eigenvalue weighted by Crippen LogP contribution is 2.26. The van der Waals surface area contributed by atoms with Gasteiger partial charge in [-0.25, -0.2) is 0 Å². The summed E-state index contributed by atoms with van der Waals surface area (Å²) in [6.07, 6.45) is 3.95. The van der Waals surface area contributed by atoms with Crippen molar-refractivity contribution in [3.63, 3.8) is 0 Å². The Hall–Kier alpha value is -1.38. The van der Waals surface area contributed by atoms with Crippen molar-refractivity contribution in [1.82, 2.24) is 9.88 Å². The Balaban J connectivity index is 0.000000741. The average molecular weight is 264 g/mol. The maximum atomic E-state index is 12.0. The Morgan fingerprint density at radius 3 is 2.16 bits per heavy atom. The van der Waals surface area contributed by atoms with Gasteiger partial charge in [0.2, 0.25) is 0 Å². The van der Waals surface area contributed by atoms with E-state index in [2.05, 4.69) is 4.98 Å². The standard InChI is InChI=1S/C12H16N2O.2C2H6/c1-8-6-10(7-13-9(8)2)12(15)14(3)11-4-5-11;2*1-2/h6-7,11H,4-5H2,1-3H3;2*1-2H3. The first-order valence-electron chi connectivity index (χ1n) is 7.30. The lowest BCUT2D eigenvalue weighted by atomic mass is 10.1. The van der Waals surface area contributed by atoms with Gasteiger partial charge in [0, 0.05) is 25.0 Å². The van der Waals surface area contributed by atoms with Gasteiger partial charge in [0.05, 0.1) is 5.56 Å². The van der Waals surface area contributed by atoms with E-state index in [1.165, 1.54) is 0 Å². The van der Waals surface area contributed by atoms with Crippen LogP contribution in [0.4, 0.5) is 0 Å². The van der Waals surface area contributed by atoms with Crippen molar-refractivity contribution in [2.24, 2.45) is 0 Å². The van der Waals surface area contributed by atoms with Gasteiger partial charge in [-0.2, -0.15) is 0 Å². The third-order valence-electron chi connectivity index (χ3n) is 3.00. The van der Waals surface area contributed by atoms with E-state index in [4.69, 9.17) is 0 Å². The van der Waals surface area contributed by atoms with E-state index in [0.29, 0.717) is 11.6 Å². The van der Waals surface area contributed by atoms with Crippen LogP contribution in [0, 0.1) is 13.8 Å². The van der Waals surface area contributed by atoms with Gasteiger partial charge in [-0.3, -0.25) is 9.78 Å². The molecule has 0 atom stereocenters. The van der Waals surface area contributed by atoms with Gasteiger partial charge in [0.25, 0.3) is 5.91 Å². The molecule has 1 amide bonds. The summed E-state index contributed by atoms with van der Waals surface area (Å²) in [4.78, 5) is 18.0. The summed E-state index contributed by atoms with van der Waals surface area (Å²) in [5, 5.41) is 0. The summed E-state index contributed by atoms with van der Waals surface area (Å²) in [7, 11) is 1.87. The van der Waals surface area contributed by atoms with Gasteiger partial charge in [-0.15, -0.1) is 0 Å². The van der Waals surface area contributed by atoms with Gasteiger partial charge >= 0.3 is 0 Å². The lowest BCUT2D eigenvalue weighted by Gasteiger charge is -2.16. The molecule has 108 valence electrons. The minimum Gasteiger partial charge on any atom is -0.339 e. The molecule has 0 bridgehead atoms. The Labute approximate surface area is 118 Å². The fraction of sp³-hybridized carbons (Fsp3) is 0.625. The molecule has 0 saturated heterocycles. The van der Waals surface area contributed by atoms with Crippen LogP contribution >= 0.6 is 0 Å². The molecule has 1 heterocycles. The number of aryl methyl sites for hydroxylation is 2. The highest BCUT2D eigenvalue weighted by molar-refractivity contribution is 5.94. The highest BCUT2D eigenvalue weighted by atomic mass is 16.2. The summed E-state index contributed by atoms with van der Waals surface area (Å²) >= 11 is 0. The molecule has 1 fully saturated rings. The molecule has 1 aliphatic carbocycles. The van der Waals surface area contributed by atoms with Gasteiger partial charge in [0.1, 0.15) is 0 Å². The molecule has 1 aromatic rings. The normalized spacial score (nSPS) is 12.6. The summed E-state index contributed by atoms with van der Waals surface area (Å²) < 4.78 is 0. The summed E-state index contributed by atoms with van der Waals surface area (Å²) in [6, 6.07) is 2.38. The van der Waals surface area contributed by atoms with E-state index in [-0.39, 0.29) is 5.91 Å². The molecule has 1 aliphatic rings. The molecule has 2 rings (SSSR count). The number of aromatic nitrogens is 1. The molecule has 0 aromatic carbocycles. The van der Waals surface area contributed by atoms with Gasteiger partial charge in [-0.1, -0.05) is 27.7 Å². The third kappa shape index (κ3) is 5.01. The molecule has 1 aromatic heterocycles. The Morgan fingerprint density at radius 2 is 1.74 bits per heavy atom. The molecule has 3 nitrogen and oxygen atoms in total. The molecular weight excluding hydrogens is 236 g/mol. The van der Waals surface area contributed by atoms with Crippen molar-refractivity contribution in [3.8, 4) is 0 Å². The fourth-order valence-corrected chi connectivity index (χ4v) is 1.59. The van der Waals surface area contributed by atoms with Gasteiger partial charge in [0.15, 0.2) is 0 Å². The number of carbonyl (C=O) groups excluding carboxylic acids is 1. The first kappa shape index (κ1) is 17.6. The summed E-state index contributed by atoms with van der Waals surface area (Å²) in [6.45, 7) is 11.9. The predicted octanol–water partition coefficient (Wildman–Crippen LogP) is 3.99. The van der Waals surface area contributed by atoms with Crippen LogP contribution in [0.2, 0.25) is 0 Å². The van der Waals surface area contributed by atoms with E-state index in [1.54, 1.807) is 6.20 Å². The zero-order chi connectivity index (χ0) is 15.0. The minimum absolute atomic E-state index is 0.0908. The van der Waals surface area contributed by atoms with Gasteiger partial charge < -0.3 is 4.90 Å². The third-order valence-corrected chi connectivity index (χ3v) is 3.00. The molecule has 0 unspecified atom stereocenters. The fourth-order valence-electron chi connectivity index (χ4n) is 1.59. The van der Waals surface area contributed by atoms with Crippen LogP contribution < -0.4 is 0 Å². The maximum Gasteiger partial charge on any atom is 0.255 e. The molecule has 19 heavy (non-hydrogen) atoms. The SMILES string of the molecule is CC.CC.Cc1cc(C(=O)N(C)C2CC2)cnc1C. The first-order valence-corrected chi connectivity index (χ1v) is 7.30. The van der Waals surface area contributed by atoms with Crippen LogP contribution in [0.3, 0.4) is 0 Å². The second-order valence-electron chi connectivity index (χ2n) is 4.27. The smallest absolute Gasteiger partial charge is 0.255 e. The first-order chi connectivity index (χ1) is 9.09. The largest absolute Gasteiger partial charge is 0.339 e. The molecule has 3 heteroatoms. The lowest BCUT2D eigenvalue weighted by Crippen LogP contribution is -2.28. The second-order valence-corrected chi connectivity index (χ2v) is 4.27. The molecular formula is C16H28N2O. The van der Waals surface area contributed by atoms with E-state index in [0.717, 1.165) is 24.1 Å². The van der Waals surface area contributed by atoms with Crippen LogP contribution in [-0.4, -0.2) is 28.9 Å². The minimum atomic E-state index is 0.0908. The Morgan fingerprint density at radius 1 is 1.21 bits per heavy atom. The zero-order valence-corrected chi connectivity index (χ0v) is 13.4. The number of hydrogen-bond donors (Lipinski definition) is 0. The van der Waals surface area contributed by atoms with Crippen LogP contribution in [0.5, 0.6) is 0 Å². The molecule has 0 radical (unpaired) electrons. The number of hydrogen-bond acceptors (Lipinski definition) is 2. The number of rotatable bonds is 2. The van der Waals surface area contributed by atoms with Crippen molar-refractivity contribution < 1.29 is 4.79 Å². The Bertz CT molecular complexity index is 398. The molecule has 0 aliphatic heterocycles. The Kier molecular flexibility index (Phi) is 8.05. The van der Waals surface area contributed by atoms with Crippen LogP contribution in [0.15, 0.2) is 12.3 Å². The van der Waals surface area contributed by atoms with Crippen LogP contribution in [-0.2, 0) is 0 Å². The monoisotopic (exact) mass is 264 g/mol. The van der Waals surface area contributed by atoms with Crippen molar-refractivity contribution in [1.29, 1.82) is 0 Å². The highest BCUT2D eigenvalue weighted by Gasteiger charge is 2.30. The molecule has 1 saturated carbocycles. The number of pyridine rings is 1. The maximum absolute atomic E-state index is 12.0. The van der Waals surface area contributed by atoms with E-state index >= 15 is 0 Å². The summed E-state index contributed by atoms with van der Waals surface area (Å²) in [5.74, 6) is 0.0908. The van der Waals surface area contributed by atoms with Crippen LogP contribution in [0.25, 0.3) is 0 Å². The van der Waals surface area contributed by atoms with E-state index in [1.807, 2.05) is 59.6 Å². The van der Waals surface area contributed by atoms with E-state index < -0.39 is 0 Å². The lowest BCUT2D eigenvalue weighted by molar-refractivity contribution is 0.0784. The van der Waals surface area contributed by atoms with Crippen molar-refractivity contribution in [3.05, 3.63) is 29.1 Å². The zero-order valence-electron chi connectivity index (χ0n) is 13.4. The number of carbonyl (C=O) groups is 1. The average Bonchev–Trinajstić information content (AvgIpc) is 3.29. The van der Waals surface area contributed by atoms with Crippen molar-refractivity contribution >= 4 is 5.91 Å². The van der Waals surface area contributed by atoms with E-state index in [9.17, 15) is 4.79 Å². The number of amides is 1. The number of nitrogens with zero attached hydrogens (tertiary/aromatic N) is 2. The van der Waals surface area contributed by atoms with Crippen molar-refractivity contribution in [2.45, 2.75) is 60.4 Å². The molecule has 0 N–H and O–H groups in total. The summed E-state index contributed by atoms with van der Waals surface area (Å²) in [5.41, 5.74) is 2.76. The van der Waals surface area contributed by atoms with Crippen molar-refractivity contribution in [2.75, 3.05) is 7.05 Å². The molecule has 0 spiro atoms. The second kappa shape index (κ2) is 8.68. The quantitative estimate of drug-likeness (QED) is 0.809. The van der Waals surface area contributed by atoms with Gasteiger partial charge in [-0.05, 0) is 38.3 Å².